The number of hydrogen-bond acceptors (Lipinski definition) is 7. The standard InChI is InChI=1S/C23H25ClN6O3/c1-23(7-8-23)22-26-20(27-33-22)17-19-21(32)29(12-11-28-9-5-14(31)6-10-28)18-15(24)3-2-4-16(18)30(19)13-25-17/h2-4,13-14,31H,5-12H2,1H3. The Morgan fingerprint density at radius 2 is 2.00 bits per heavy atom. The second-order valence-electron chi connectivity index (χ2n) is 9.43. The summed E-state index contributed by atoms with van der Waals surface area (Å²) in [6.45, 7) is 4.89. The fourth-order valence-corrected chi connectivity index (χ4v) is 4.93. The molecule has 3 aromatic heterocycles. The molecule has 172 valence electrons. The van der Waals surface area contributed by atoms with Crippen LogP contribution in [-0.4, -0.2) is 59.8 Å². The van der Waals surface area contributed by atoms with Crippen molar-refractivity contribution in [3.05, 3.63) is 45.8 Å². The number of aliphatic hydroxyl groups excluding tert-OH is 1. The molecule has 0 bridgehead atoms. The molecule has 0 atom stereocenters. The van der Waals surface area contributed by atoms with Gasteiger partial charge in [-0.05, 0) is 37.8 Å². The Morgan fingerprint density at radius 1 is 1.21 bits per heavy atom. The zero-order valence-electron chi connectivity index (χ0n) is 18.4. The number of piperidine rings is 1. The molecule has 0 amide bonds. The molecular weight excluding hydrogens is 444 g/mol. The first-order valence-corrected chi connectivity index (χ1v) is 11.8. The lowest BCUT2D eigenvalue weighted by molar-refractivity contribution is 0.0810. The minimum absolute atomic E-state index is 0.0662. The lowest BCUT2D eigenvalue weighted by Gasteiger charge is -2.29. The fraction of sp³-hybridized carbons (Fsp3) is 0.478. The van der Waals surface area contributed by atoms with Gasteiger partial charge in [0, 0.05) is 31.6 Å². The number of fused-ring (bicyclic) bond motifs is 3. The van der Waals surface area contributed by atoms with Crippen molar-refractivity contribution >= 4 is 28.2 Å². The van der Waals surface area contributed by atoms with Crippen LogP contribution in [-0.2, 0) is 12.0 Å². The van der Waals surface area contributed by atoms with Gasteiger partial charge in [0.25, 0.3) is 5.56 Å². The quantitative estimate of drug-likeness (QED) is 0.480. The van der Waals surface area contributed by atoms with Crippen molar-refractivity contribution in [2.24, 2.45) is 0 Å². The van der Waals surface area contributed by atoms with Crippen molar-refractivity contribution in [1.82, 2.24) is 29.0 Å². The third-order valence-electron chi connectivity index (χ3n) is 7.06. The molecule has 6 rings (SSSR count). The van der Waals surface area contributed by atoms with E-state index >= 15 is 0 Å². The third-order valence-corrected chi connectivity index (χ3v) is 7.37. The summed E-state index contributed by atoms with van der Waals surface area (Å²) in [5, 5.41) is 14.5. The van der Waals surface area contributed by atoms with Crippen molar-refractivity contribution in [2.75, 3.05) is 19.6 Å². The van der Waals surface area contributed by atoms with Gasteiger partial charge in [-0.1, -0.05) is 29.7 Å². The molecule has 4 aromatic rings. The molecule has 1 aliphatic carbocycles. The molecule has 10 heteroatoms. The summed E-state index contributed by atoms with van der Waals surface area (Å²) in [4.78, 5) is 25.1. The SMILES string of the molecule is CC1(c2nc(-c3ncn4c3c(=O)n(CCN3CCC(O)CC3)c3c(Cl)cccc34)no2)CC1. The Labute approximate surface area is 194 Å². The summed E-state index contributed by atoms with van der Waals surface area (Å²) in [5.74, 6) is 0.922. The van der Waals surface area contributed by atoms with Gasteiger partial charge in [0.05, 0.1) is 22.2 Å². The monoisotopic (exact) mass is 468 g/mol. The first kappa shape index (κ1) is 20.8. The number of para-hydroxylation sites is 1. The van der Waals surface area contributed by atoms with Crippen molar-refractivity contribution in [1.29, 1.82) is 0 Å². The number of aromatic nitrogens is 5. The average Bonchev–Trinajstić information content (AvgIpc) is 3.21. The molecule has 9 nitrogen and oxygen atoms in total. The topological polar surface area (TPSA) is 102 Å². The van der Waals surface area contributed by atoms with Gasteiger partial charge in [-0.15, -0.1) is 0 Å². The van der Waals surface area contributed by atoms with Gasteiger partial charge in [-0.3, -0.25) is 9.20 Å². The van der Waals surface area contributed by atoms with E-state index in [1.165, 1.54) is 0 Å². The molecule has 1 saturated heterocycles. The van der Waals surface area contributed by atoms with Crippen molar-refractivity contribution in [2.45, 2.75) is 50.7 Å². The predicted octanol–water partition coefficient (Wildman–Crippen LogP) is 2.86. The number of benzene rings is 1. The summed E-state index contributed by atoms with van der Waals surface area (Å²) in [7, 11) is 0. The van der Waals surface area contributed by atoms with Crippen LogP contribution >= 0.6 is 11.6 Å². The molecule has 0 spiro atoms. The molecule has 1 aromatic carbocycles. The molecule has 33 heavy (non-hydrogen) atoms. The van der Waals surface area contributed by atoms with E-state index in [0.29, 0.717) is 46.6 Å². The van der Waals surface area contributed by atoms with E-state index < -0.39 is 0 Å². The van der Waals surface area contributed by atoms with Crippen LogP contribution in [0.15, 0.2) is 33.8 Å². The molecule has 2 fully saturated rings. The number of rotatable bonds is 5. The van der Waals surface area contributed by atoms with Gasteiger partial charge < -0.3 is 19.1 Å². The summed E-state index contributed by atoms with van der Waals surface area (Å²) in [5.41, 5.74) is 2.04. The van der Waals surface area contributed by atoms with Crippen LogP contribution in [0.2, 0.25) is 5.02 Å². The molecule has 1 aliphatic heterocycles. The highest BCUT2D eigenvalue weighted by Gasteiger charge is 2.44. The number of likely N-dealkylation sites (tertiary alicyclic amines) is 1. The van der Waals surface area contributed by atoms with Crippen LogP contribution in [0, 0.1) is 0 Å². The second-order valence-corrected chi connectivity index (χ2v) is 9.84. The number of nitrogens with zero attached hydrogens (tertiary/aromatic N) is 6. The zero-order chi connectivity index (χ0) is 22.7. The Balaban J connectivity index is 1.47. The first-order chi connectivity index (χ1) is 15.9. The van der Waals surface area contributed by atoms with Crippen LogP contribution in [0.5, 0.6) is 0 Å². The third kappa shape index (κ3) is 3.46. The number of aliphatic hydroxyl groups is 1. The molecule has 2 aliphatic rings. The highest BCUT2D eigenvalue weighted by molar-refractivity contribution is 6.35. The predicted molar refractivity (Wildman–Crippen MR) is 124 cm³/mol. The molecule has 1 N–H and O–H groups in total. The highest BCUT2D eigenvalue weighted by atomic mass is 35.5. The van der Waals surface area contributed by atoms with Crippen LogP contribution in [0.3, 0.4) is 0 Å². The van der Waals surface area contributed by atoms with Crippen molar-refractivity contribution in [3.63, 3.8) is 0 Å². The van der Waals surface area contributed by atoms with Crippen molar-refractivity contribution < 1.29 is 9.63 Å². The van der Waals surface area contributed by atoms with E-state index in [-0.39, 0.29) is 17.1 Å². The molecular formula is C23H25ClN6O3. The number of imidazole rings is 1. The van der Waals surface area contributed by atoms with Crippen LogP contribution in [0.4, 0.5) is 0 Å². The van der Waals surface area contributed by atoms with Gasteiger partial charge in [0.1, 0.15) is 17.5 Å². The van der Waals surface area contributed by atoms with Gasteiger partial charge >= 0.3 is 0 Å². The Hall–Kier alpha value is -2.75. The molecule has 0 unspecified atom stereocenters. The molecule has 1 saturated carbocycles. The lowest BCUT2D eigenvalue weighted by Crippen LogP contribution is -2.39. The van der Waals surface area contributed by atoms with E-state index in [1.807, 2.05) is 12.1 Å². The van der Waals surface area contributed by atoms with Gasteiger partial charge in [0.15, 0.2) is 0 Å². The van der Waals surface area contributed by atoms with E-state index in [2.05, 4.69) is 26.9 Å². The zero-order valence-corrected chi connectivity index (χ0v) is 19.1. The van der Waals surface area contributed by atoms with Gasteiger partial charge in [-0.25, -0.2) is 4.98 Å². The second kappa shape index (κ2) is 7.65. The Kier molecular flexibility index (Phi) is 4.83. The van der Waals surface area contributed by atoms with Gasteiger partial charge in [0.2, 0.25) is 11.7 Å². The van der Waals surface area contributed by atoms with E-state index in [4.69, 9.17) is 16.1 Å². The summed E-state index contributed by atoms with van der Waals surface area (Å²) in [6.07, 6.45) is 4.92. The Bertz CT molecular complexity index is 1410. The minimum atomic E-state index is -0.234. The summed E-state index contributed by atoms with van der Waals surface area (Å²) < 4.78 is 9.00. The van der Waals surface area contributed by atoms with E-state index in [0.717, 1.165) is 44.3 Å². The Morgan fingerprint density at radius 3 is 2.76 bits per heavy atom. The molecule has 4 heterocycles. The normalized spacial score (nSPS) is 19.0. The number of hydrogen-bond donors (Lipinski definition) is 1. The fourth-order valence-electron chi connectivity index (χ4n) is 4.66. The maximum Gasteiger partial charge on any atom is 0.277 e. The largest absolute Gasteiger partial charge is 0.393 e. The lowest BCUT2D eigenvalue weighted by atomic mass is 10.1. The van der Waals surface area contributed by atoms with Crippen LogP contribution in [0.1, 0.15) is 38.5 Å². The van der Waals surface area contributed by atoms with Crippen LogP contribution in [0.25, 0.3) is 28.1 Å². The number of halogens is 1. The smallest absolute Gasteiger partial charge is 0.277 e. The maximum absolute atomic E-state index is 13.8. The first-order valence-electron chi connectivity index (χ1n) is 11.4. The average molecular weight is 469 g/mol. The van der Waals surface area contributed by atoms with E-state index in [9.17, 15) is 9.90 Å². The van der Waals surface area contributed by atoms with E-state index in [1.54, 1.807) is 21.4 Å². The minimum Gasteiger partial charge on any atom is -0.393 e. The summed E-state index contributed by atoms with van der Waals surface area (Å²) in [6, 6.07) is 5.59. The van der Waals surface area contributed by atoms with Gasteiger partial charge in [-0.2, -0.15) is 4.98 Å². The van der Waals surface area contributed by atoms with Crippen molar-refractivity contribution in [3.8, 4) is 11.5 Å². The maximum atomic E-state index is 13.8. The van der Waals surface area contributed by atoms with Crippen LogP contribution < -0.4 is 5.56 Å². The highest BCUT2D eigenvalue weighted by Crippen LogP contribution is 2.47. The summed E-state index contributed by atoms with van der Waals surface area (Å²) >= 11 is 6.58. The molecule has 0 radical (unpaired) electrons.